The molecule has 2 nitrogen and oxygen atoms in total. The van der Waals surface area contributed by atoms with Crippen molar-refractivity contribution in [2.24, 2.45) is 0 Å². The van der Waals surface area contributed by atoms with Crippen molar-refractivity contribution in [2.75, 3.05) is 6.61 Å². The van der Waals surface area contributed by atoms with Crippen LogP contribution in [0.1, 0.15) is 6.42 Å². The van der Waals surface area contributed by atoms with E-state index in [2.05, 4.69) is 6.07 Å². The Morgan fingerprint density at radius 1 is 1.45 bits per heavy atom. The highest BCUT2D eigenvalue weighted by atomic mass is 16.7. The van der Waals surface area contributed by atoms with E-state index in [1.807, 2.05) is 24.3 Å². The average Bonchev–Trinajstić information content (AvgIpc) is 1.99. The summed E-state index contributed by atoms with van der Waals surface area (Å²) in [4.78, 5) is 0. The van der Waals surface area contributed by atoms with Crippen molar-refractivity contribution in [3.8, 4) is 5.75 Å². The lowest BCUT2D eigenvalue weighted by atomic mass is 10.3. The van der Waals surface area contributed by atoms with Gasteiger partial charge in [0.1, 0.15) is 5.75 Å². The quantitative estimate of drug-likeness (QED) is 0.636. The van der Waals surface area contributed by atoms with Gasteiger partial charge >= 0.3 is 0 Å². The van der Waals surface area contributed by atoms with Gasteiger partial charge in [0.25, 0.3) is 0 Å². The summed E-state index contributed by atoms with van der Waals surface area (Å²) in [6.07, 6.45) is 0.982. The van der Waals surface area contributed by atoms with E-state index < -0.39 is 0 Å². The predicted octanol–water partition coefficient (Wildman–Crippen LogP) is 1.61. The first-order valence-electron chi connectivity index (χ1n) is 3.69. The van der Waals surface area contributed by atoms with Gasteiger partial charge in [-0.15, -0.1) is 0 Å². The van der Waals surface area contributed by atoms with Crippen LogP contribution >= 0.6 is 0 Å². The summed E-state index contributed by atoms with van der Waals surface area (Å²) in [6, 6.07) is 10.3. The van der Waals surface area contributed by atoms with Gasteiger partial charge in [0.2, 0.25) is 6.29 Å². The predicted molar refractivity (Wildman–Crippen MR) is 40.3 cm³/mol. The second-order valence-electron chi connectivity index (χ2n) is 2.44. The van der Waals surface area contributed by atoms with Crippen LogP contribution in [-0.4, -0.2) is 12.9 Å². The molecule has 1 fully saturated rings. The number of ether oxygens (including phenoxy) is 2. The Bertz CT molecular complexity index is 216. The minimum Gasteiger partial charge on any atom is -0.465 e. The molecule has 1 aromatic carbocycles. The molecule has 0 aromatic heterocycles. The summed E-state index contributed by atoms with van der Waals surface area (Å²) < 4.78 is 10.5. The summed E-state index contributed by atoms with van der Waals surface area (Å²) in [5, 5.41) is 0. The lowest BCUT2D eigenvalue weighted by Gasteiger charge is -2.26. The minimum absolute atomic E-state index is 0.0163. The van der Waals surface area contributed by atoms with E-state index in [9.17, 15) is 0 Å². The van der Waals surface area contributed by atoms with Gasteiger partial charge in [-0.3, -0.25) is 0 Å². The van der Waals surface area contributed by atoms with Crippen LogP contribution in [0.4, 0.5) is 0 Å². The van der Waals surface area contributed by atoms with E-state index in [0.717, 1.165) is 18.8 Å². The maximum Gasteiger partial charge on any atom is 0.202 e. The van der Waals surface area contributed by atoms with Crippen molar-refractivity contribution in [1.82, 2.24) is 0 Å². The van der Waals surface area contributed by atoms with Crippen molar-refractivity contribution >= 4 is 0 Å². The molecule has 1 unspecified atom stereocenters. The molecule has 0 saturated carbocycles. The molecule has 0 N–H and O–H groups in total. The van der Waals surface area contributed by atoms with Gasteiger partial charge < -0.3 is 9.47 Å². The highest BCUT2D eigenvalue weighted by molar-refractivity contribution is 5.20. The third-order valence-electron chi connectivity index (χ3n) is 1.61. The Morgan fingerprint density at radius 3 is 2.73 bits per heavy atom. The van der Waals surface area contributed by atoms with Crippen LogP contribution < -0.4 is 4.74 Å². The van der Waals surface area contributed by atoms with E-state index in [0.29, 0.717) is 0 Å². The fourth-order valence-corrected chi connectivity index (χ4v) is 0.909. The van der Waals surface area contributed by atoms with Crippen LogP contribution in [0, 0.1) is 6.07 Å². The molecule has 2 heteroatoms. The smallest absolute Gasteiger partial charge is 0.202 e. The molecule has 0 aliphatic carbocycles. The Hall–Kier alpha value is -1.02. The van der Waals surface area contributed by atoms with Crippen LogP contribution in [0.15, 0.2) is 24.3 Å². The summed E-state index contributed by atoms with van der Waals surface area (Å²) in [5.41, 5.74) is 0. The van der Waals surface area contributed by atoms with Gasteiger partial charge in [0.15, 0.2) is 0 Å². The molecule has 1 heterocycles. The molecule has 1 aliphatic rings. The maximum atomic E-state index is 5.41. The number of rotatable bonds is 2. The Labute approximate surface area is 65.7 Å². The zero-order chi connectivity index (χ0) is 7.52. The van der Waals surface area contributed by atoms with E-state index in [-0.39, 0.29) is 6.29 Å². The van der Waals surface area contributed by atoms with Crippen LogP contribution in [-0.2, 0) is 4.74 Å². The fourth-order valence-electron chi connectivity index (χ4n) is 0.909. The molecule has 57 valence electrons. The summed E-state index contributed by atoms with van der Waals surface area (Å²) >= 11 is 0. The Balaban J connectivity index is 1.95. The highest BCUT2D eigenvalue weighted by Gasteiger charge is 2.19. The van der Waals surface area contributed by atoms with Gasteiger partial charge in [0.05, 0.1) is 6.61 Å². The molecule has 0 bridgehead atoms. The number of hydrogen-bond donors (Lipinski definition) is 0. The SMILES string of the molecule is [c]1ccc(OC2CCO2)cc1. The Kier molecular flexibility index (Phi) is 1.78. The van der Waals surface area contributed by atoms with E-state index in [1.54, 1.807) is 0 Å². The summed E-state index contributed by atoms with van der Waals surface area (Å²) in [5.74, 6) is 0.855. The largest absolute Gasteiger partial charge is 0.465 e. The second-order valence-corrected chi connectivity index (χ2v) is 2.44. The number of hydrogen-bond acceptors (Lipinski definition) is 2. The molecular weight excluding hydrogens is 140 g/mol. The third-order valence-corrected chi connectivity index (χ3v) is 1.61. The van der Waals surface area contributed by atoms with Crippen LogP contribution in [0.25, 0.3) is 0 Å². The normalized spacial score (nSPS) is 22.4. The van der Waals surface area contributed by atoms with Crippen molar-refractivity contribution in [3.05, 3.63) is 30.3 Å². The first-order valence-corrected chi connectivity index (χ1v) is 3.69. The molecule has 1 saturated heterocycles. The van der Waals surface area contributed by atoms with Crippen molar-refractivity contribution in [2.45, 2.75) is 12.7 Å². The van der Waals surface area contributed by atoms with Gasteiger partial charge in [-0.1, -0.05) is 12.1 Å². The standard InChI is InChI=1S/C9H9O2/c1-2-4-8(5-3-1)11-9-6-7-10-9/h2-5,9H,6-7H2. The second kappa shape index (κ2) is 2.93. The zero-order valence-electron chi connectivity index (χ0n) is 6.12. The molecule has 2 rings (SSSR count). The Morgan fingerprint density at radius 2 is 2.18 bits per heavy atom. The summed E-state index contributed by atoms with van der Waals surface area (Å²) in [6.45, 7) is 0.823. The van der Waals surface area contributed by atoms with Crippen LogP contribution in [0.5, 0.6) is 5.75 Å². The maximum absolute atomic E-state index is 5.41. The molecule has 1 aliphatic heterocycles. The molecule has 0 amide bonds. The summed E-state index contributed by atoms with van der Waals surface area (Å²) in [7, 11) is 0. The minimum atomic E-state index is -0.0163. The lowest BCUT2D eigenvalue weighted by Crippen LogP contribution is -2.32. The first-order chi connectivity index (χ1) is 5.45. The fraction of sp³-hybridized carbons (Fsp3) is 0.333. The average molecular weight is 149 g/mol. The number of benzene rings is 1. The topological polar surface area (TPSA) is 18.5 Å². The van der Waals surface area contributed by atoms with Crippen LogP contribution in [0.2, 0.25) is 0 Å². The van der Waals surface area contributed by atoms with Crippen LogP contribution in [0.3, 0.4) is 0 Å². The van der Waals surface area contributed by atoms with E-state index >= 15 is 0 Å². The molecule has 1 radical (unpaired) electrons. The third kappa shape index (κ3) is 1.52. The zero-order valence-corrected chi connectivity index (χ0v) is 6.12. The molecule has 1 atom stereocenters. The van der Waals surface area contributed by atoms with Gasteiger partial charge in [-0.25, -0.2) is 0 Å². The lowest BCUT2D eigenvalue weighted by molar-refractivity contribution is -0.165. The van der Waals surface area contributed by atoms with Crippen molar-refractivity contribution in [1.29, 1.82) is 0 Å². The first kappa shape index (κ1) is 6.68. The molecule has 1 aromatic rings. The molecular formula is C9H9O2. The van der Waals surface area contributed by atoms with E-state index in [1.165, 1.54) is 0 Å². The van der Waals surface area contributed by atoms with E-state index in [4.69, 9.17) is 9.47 Å². The van der Waals surface area contributed by atoms with Crippen molar-refractivity contribution in [3.63, 3.8) is 0 Å². The monoisotopic (exact) mass is 149 g/mol. The van der Waals surface area contributed by atoms with Gasteiger partial charge in [-0.2, -0.15) is 0 Å². The van der Waals surface area contributed by atoms with Gasteiger partial charge in [0, 0.05) is 6.42 Å². The molecule has 0 spiro atoms. The highest BCUT2D eigenvalue weighted by Crippen LogP contribution is 2.17. The van der Waals surface area contributed by atoms with Gasteiger partial charge in [-0.05, 0) is 18.2 Å². The van der Waals surface area contributed by atoms with Crippen molar-refractivity contribution < 1.29 is 9.47 Å². The molecule has 11 heavy (non-hydrogen) atoms.